The van der Waals surface area contributed by atoms with Crippen molar-refractivity contribution in [2.24, 2.45) is 0 Å². The van der Waals surface area contributed by atoms with Crippen LogP contribution in [0, 0.1) is 6.92 Å². The summed E-state index contributed by atoms with van der Waals surface area (Å²) in [5.41, 5.74) is 0. The van der Waals surface area contributed by atoms with Gasteiger partial charge < -0.3 is 8.98 Å². The van der Waals surface area contributed by atoms with Gasteiger partial charge in [-0.15, -0.1) is 20.4 Å². The maximum absolute atomic E-state index is 5.79. The fourth-order valence-corrected chi connectivity index (χ4v) is 3.64. The molecule has 1 unspecified atom stereocenters. The molecular weight excluding hydrogens is 318 g/mol. The van der Waals surface area contributed by atoms with E-state index >= 15 is 0 Å². The summed E-state index contributed by atoms with van der Waals surface area (Å²) >= 11 is 0. The predicted octanol–water partition coefficient (Wildman–Crippen LogP) is 1.57. The third-order valence-electron chi connectivity index (χ3n) is 5.36. The van der Waals surface area contributed by atoms with Gasteiger partial charge in [0.1, 0.15) is 11.6 Å². The molecular formula is C17H27N7O. The predicted molar refractivity (Wildman–Crippen MR) is 91.9 cm³/mol. The molecule has 25 heavy (non-hydrogen) atoms. The zero-order valence-electron chi connectivity index (χ0n) is 15.4. The average molecular weight is 345 g/mol. The van der Waals surface area contributed by atoms with Crippen LogP contribution in [-0.4, -0.2) is 60.9 Å². The Morgan fingerprint density at radius 3 is 2.76 bits per heavy atom. The Hall–Kier alpha value is -1.80. The SMILES string of the molecule is CCn1c(C)nnc1CN(C)C1CCN(Cc2nnc(C3CC3)o2)C1. The lowest BCUT2D eigenvalue weighted by Crippen LogP contribution is -2.34. The molecule has 4 rings (SSSR count). The molecule has 1 aliphatic carbocycles. The number of hydrogen-bond donors (Lipinski definition) is 0. The minimum Gasteiger partial charge on any atom is -0.424 e. The monoisotopic (exact) mass is 345 g/mol. The van der Waals surface area contributed by atoms with Crippen molar-refractivity contribution >= 4 is 0 Å². The van der Waals surface area contributed by atoms with Crippen LogP contribution >= 0.6 is 0 Å². The van der Waals surface area contributed by atoms with Crippen LogP contribution in [0.15, 0.2) is 4.42 Å². The summed E-state index contributed by atoms with van der Waals surface area (Å²) in [7, 11) is 2.18. The van der Waals surface area contributed by atoms with Gasteiger partial charge in [0.2, 0.25) is 11.8 Å². The van der Waals surface area contributed by atoms with Crippen molar-refractivity contribution in [3.63, 3.8) is 0 Å². The van der Waals surface area contributed by atoms with Crippen LogP contribution in [-0.2, 0) is 19.6 Å². The summed E-state index contributed by atoms with van der Waals surface area (Å²) in [5, 5.41) is 16.9. The van der Waals surface area contributed by atoms with Crippen LogP contribution in [0.4, 0.5) is 0 Å². The third kappa shape index (κ3) is 3.59. The van der Waals surface area contributed by atoms with Gasteiger partial charge in [0, 0.05) is 31.6 Å². The van der Waals surface area contributed by atoms with Crippen LogP contribution in [0.3, 0.4) is 0 Å². The van der Waals surface area contributed by atoms with E-state index in [0.29, 0.717) is 12.0 Å². The normalized spacial score (nSPS) is 21.5. The van der Waals surface area contributed by atoms with Crippen LogP contribution in [0.5, 0.6) is 0 Å². The van der Waals surface area contributed by atoms with Crippen LogP contribution < -0.4 is 0 Å². The Morgan fingerprint density at radius 2 is 2.00 bits per heavy atom. The molecule has 8 heteroatoms. The number of hydrogen-bond acceptors (Lipinski definition) is 7. The molecule has 1 aliphatic heterocycles. The maximum atomic E-state index is 5.79. The van der Waals surface area contributed by atoms with E-state index in [2.05, 4.69) is 48.7 Å². The van der Waals surface area contributed by atoms with Gasteiger partial charge in [-0.05, 0) is 40.2 Å². The van der Waals surface area contributed by atoms with Gasteiger partial charge in [-0.2, -0.15) is 0 Å². The molecule has 0 amide bonds. The quantitative estimate of drug-likeness (QED) is 0.754. The molecule has 2 aromatic rings. The molecule has 8 nitrogen and oxygen atoms in total. The lowest BCUT2D eigenvalue weighted by molar-refractivity contribution is 0.209. The minimum atomic E-state index is 0.521. The second-order valence-electron chi connectivity index (χ2n) is 7.31. The van der Waals surface area contributed by atoms with Crippen molar-refractivity contribution < 1.29 is 4.42 Å². The van der Waals surface area contributed by atoms with Crippen molar-refractivity contribution in [1.82, 2.24) is 34.8 Å². The van der Waals surface area contributed by atoms with Gasteiger partial charge in [0.05, 0.1) is 13.1 Å². The fourth-order valence-electron chi connectivity index (χ4n) is 3.64. The topological polar surface area (TPSA) is 76.1 Å². The summed E-state index contributed by atoms with van der Waals surface area (Å²) in [6, 6.07) is 0.521. The van der Waals surface area contributed by atoms with Gasteiger partial charge in [-0.25, -0.2) is 0 Å². The molecule has 0 bridgehead atoms. The van der Waals surface area contributed by atoms with E-state index in [1.807, 2.05) is 6.92 Å². The standard InChI is InChI=1S/C17H27N7O/c1-4-24-12(2)18-19-15(24)10-22(3)14-7-8-23(9-14)11-16-20-21-17(25-16)13-5-6-13/h13-14H,4-11H2,1-3H3. The highest BCUT2D eigenvalue weighted by Crippen LogP contribution is 2.39. The summed E-state index contributed by atoms with van der Waals surface area (Å²) < 4.78 is 7.98. The van der Waals surface area contributed by atoms with Crippen molar-refractivity contribution in [3.05, 3.63) is 23.4 Å². The number of aromatic nitrogens is 5. The van der Waals surface area contributed by atoms with E-state index in [0.717, 1.165) is 62.6 Å². The highest BCUT2D eigenvalue weighted by atomic mass is 16.4. The van der Waals surface area contributed by atoms with Gasteiger partial charge in [-0.1, -0.05) is 0 Å². The van der Waals surface area contributed by atoms with E-state index in [1.165, 1.54) is 12.8 Å². The number of aryl methyl sites for hydroxylation is 1. The summed E-state index contributed by atoms with van der Waals surface area (Å²) in [5.74, 6) is 4.15. The van der Waals surface area contributed by atoms with E-state index in [9.17, 15) is 0 Å². The van der Waals surface area contributed by atoms with Crippen molar-refractivity contribution in [3.8, 4) is 0 Å². The number of likely N-dealkylation sites (N-methyl/N-ethyl adjacent to an activating group) is 1. The fraction of sp³-hybridized carbons (Fsp3) is 0.765. The maximum Gasteiger partial charge on any atom is 0.230 e. The Bertz CT molecular complexity index is 720. The van der Waals surface area contributed by atoms with E-state index < -0.39 is 0 Å². The summed E-state index contributed by atoms with van der Waals surface area (Å²) in [6.45, 7) is 8.74. The first kappa shape index (κ1) is 16.7. The van der Waals surface area contributed by atoms with Gasteiger partial charge in [-0.3, -0.25) is 9.80 Å². The molecule has 2 aliphatic rings. The molecule has 2 fully saturated rings. The van der Waals surface area contributed by atoms with Crippen molar-refractivity contribution in [1.29, 1.82) is 0 Å². The zero-order chi connectivity index (χ0) is 17.4. The molecule has 0 radical (unpaired) electrons. The lowest BCUT2D eigenvalue weighted by atomic mass is 10.2. The highest BCUT2D eigenvalue weighted by molar-refractivity contribution is 5.00. The van der Waals surface area contributed by atoms with Crippen LogP contribution in [0.25, 0.3) is 0 Å². The first-order valence-corrected chi connectivity index (χ1v) is 9.27. The molecule has 3 heterocycles. The zero-order valence-corrected chi connectivity index (χ0v) is 15.4. The first-order chi connectivity index (χ1) is 12.1. The molecule has 1 atom stereocenters. The average Bonchev–Trinajstić information content (AvgIpc) is 3.01. The molecule has 136 valence electrons. The molecule has 0 aromatic carbocycles. The summed E-state index contributed by atoms with van der Waals surface area (Å²) in [6.07, 6.45) is 3.54. The second kappa shape index (κ2) is 6.84. The van der Waals surface area contributed by atoms with Crippen LogP contribution in [0.2, 0.25) is 0 Å². The van der Waals surface area contributed by atoms with E-state index in [1.54, 1.807) is 0 Å². The first-order valence-electron chi connectivity index (χ1n) is 9.27. The number of nitrogens with zero attached hydrogens (tertiary/aromatic N) is 7. The minimum absolute atomic E-state index is 0.521. The Kier molecular flexibility index (Phi) is 4.56. The van der Waals surface area contributed by atoms with Crippen LogP contribution in [0.1, 0.15) is 55.5 Å². The number of likely N-dealkylation sites (tertiary alicyclic amines) is 1. The van der Waals surface area contributed by atoms with E-state index in [-0.39, 0.29) is 0 Å². The highest BCUT2D eigenvalue weighted by Gasteiger charge is 2.31. The molecule has 0 spiro atoms. The largest absolute Gasteiger partial charge is 0.424 e. The van der Waals surface area contributed by atoms with Gasteiger partial charge in [0.25, 0.3) is 0 Å². The second-order valence-corrected chi connectivity index (χ2v) is 7.31. The van der Waals surface area contributed by atoms with Crippen molar-refractivity contribution in [2.45, 2.75) is 64.7 Å². The molecule has 0 N–H and O–H groups in total. The number of rotatable bonds is 7. The van der Waals surface area contributed by atoms with Gasteiger partial charge in [0.15, 0.2) is 0 Å². The molecule has 1 saturated carbocycles. The molecule has 1 saturated heterocycles. The summed E-state index contributed by atoms with van der Waals surface area (Å²) in [4.78, 5) is 4.79. The smallest absolute Gasteiger partial charge is 0.230 e. The molecule has 2 aromatic heterocycles. The Balaban J connectivity index is 1.31. The van der Waals surface area contributed by atoms with Gasteiger partial charge >= 0.3 is 0 Å². The lowest BCUT2D eigenvalue weighted by Gasteiger charge is -2.24. The third-order valence-corrected chi connectivity index (χ3v) is 5.36. The Labute approximate surface area is 148 Å². The van der Waals surface area contributed by atoms with Crippen molar-refractivity contribution in [2.75, 3.05) is 20.1 Å². The van der Waals surface area contributed by atoms with E-state index in [4.69, 9.17) is 4.42 Å². The Morgan fingerprint density at radius 1 is 1.16 bits per heavy atom.